The second-order valence-electron chi connectivity index (χ2n) is 5.58. The van der Waals surface area contributed by atoms with Gasteiger partial charge in [0.15, 0.2) is 0 Å². The van der Waals surface area contributed by atoms with Crippen molar-refractivity contribution in [1.82, 2.24) is 10.2 Å². The Labute approximate surface area is 108 Å². The highest BCUT2D eigenvalue weighted by atomic mass is 16.4. The lowest BCUT2D eigenvalue weighted by molar-refractivity contribution is -0.142. The van der Waals surface area contributed by atoms with E-state index in [9.17, 15) is 9.59 Å². The van der Waals surface area contributed by atoms with Crippen molar-refractivity contribution in [1.29, 1.82) is 0 Å². The molecule has 2 rings (SSSR count). The van der Waals surface area contributed by atoms with E-state index in [0.717, 1.165) is 19.3 Å². The van der Waals surface area contributed by atoms with Crippen LogP contribution in [0.25, 0.3) is 0 Å². The zero-order valence-corrected chi connectivity index (χ0v) is 11.1. The Hall–Kier alpha value is -1.26. The zero-order valence-electron chi connectivity index (χ0n) is 11.1. The van der Waals surface area contributed by atoms with Crippen molar-refractivity contribution < 1.29 is 14.7 Å². The van der Waals surface area contributed by atoms with Gasteiger partial charge in [-0.05, 0) is 39.0 Å². The minimum Gasteiger partial charge on any atom is -0.481 e. The summed E-state index contributed by atoms with van der Waals surface area (Å²) in [7, 11) is 0. The minimum atomic E-state index is -0.799. The number of carbonyl (C=O) groups excluding carboxylic acids is 1. The highest BCUT2D eigenvalue weighted by molar-refractivity contribution is 5.78. The molecular formula is C13H22N2O3. The number of nitrogens with zero attached hydrogens (tertiary/aromatic N) is 1. The van der Waals surface area contributed by atoms with E-state index in [2.05, 4.69) is 12.2 Å². The molecule has 0 bridgehead atoms. The highest BCUT2D eigenvalue weighted by Gasteiger charge is 2.42. The van der Waals surface area contributed by atoms with Gasteiger partial charge in [-0.25, -0.2) is 4.79 Å². The zero-order chi connectivity index (χ0) is 13.3. The molecule has 1 saturated carbocycles. The van der Waals surface area contributed by atoms with E-state index in [1.165, 1.54) is 6.42 Å². The molecule has 2 atom stereocenters. The lowest BCUT2D eigenvalue weighted by Crippen LogP contribution is -2.57. The maximum Gasteiger partial charge on any atom is 0.318 e. The van der Waals surface area contributed by atoms with Crippen molar-refractivity contribution in [2.75, 3.05) is 6.54 Å². The van der Waals surface area contributed by atoms with Gasteiger partial charge in [-0.1, -0.05) is 6.92 Å². The van der Waals surface area contributed by atoms with E-state index >= 15 is 0 Å². The van der Waals surface area contributed by atoms with Gasteiger partial charge < -0.3 is 15.3 Å². The summed E-state index contributed by atoms with van der Waals surface area (Å²) in [4.78, 5) is 24.9. The van der Waals surface area contributed by atoms with Gasteiger partial charge >= 0.3 is 12.0 Å². The summed E-state index contributed by atoms with van der Waals surface area (Å²) in [5.41, 5.74) is -0.0296. The van der Waals surface area contributed by atoms with Gasteiger partial charge in [-0.15, -0.1) is 0 Å². The molecule has 5 nitrogen and oxygen atoms in total. The smallest absolute Gasteiger partial charge is 0.318 e. The molecule has 0 aromatic carbocycles. The van der Waals surface area contributed by atoms with Crippen molar-refractivity contribution in [3.05, 3.63) is 0 Å². The Morgan fingerprint density at radius 1 is 1.44 bits per heavy atom. The first-order valence-electron chi connectivity index (χ1n) is 6.81. The molecule has 1 aliphatic carbocycles. The van der Waals surface area contributed by atoms with Gasteiger partial charge in [0.2, 0.25) is 0 Å². The topological polar surface area (TPSA) is 69.6 Å². The fourth-order valence-corrected chi connectivity index (χ4v) is 3.03. The first-order valence-corrected chi connectivity index (χ1v) is 6.81. The lowest BCUT2D eigenvalue weighted by Gasteiger charge is -2.43. The molecule has 5 heteroatoms. The predicted octanol–water partition coefficient (Wildman–Crippen LogP) is 1.82. The number of urea groups is 1. The van der Waals surface area contributed by atoms with Crippen LogP contribution in [0.3, 0.4) is 0 Å². The van der Waals surface area contributed by atoms with Crippen molar-refractivity contribution >= 4 is 12.0 Å². The molecule has 1 saturated heterocycles. The Kier molecular flexibility index (Phi) is 3.50. The first kappa shape index (κ1) is 13.2. The van der Waals surface area contributed by atoms with Crippen LogP contribution in [0.2, 0.25) is 0 Å². The van der Waals surface area contributed by atoms with Crippen LogP contribution in [0.1, 0.15) is 46.0 Å². The van der Waals surface area contributed by atoms with E-state index in [-0.39, 0.29) is 17.6 Å². The molecule has 2 unspecified atom stereocenters. The van der Waals surface area contributed by atoms with Crippen LogP contribution in [0.5, 0.6) is 0 Å². The van der Waals surface area contributed by atoms with Crippen LogP contribution in [0.15, 0.2) is 0 Å². The summed E-state index contributed by atoms with van der Waals surface area (Å²) in [6, 6.07) is -0.302. The minimum absolute atomic E-state index is 0.0296. The Morgan fingerprint density at radius 2 is 2.11 bits per heavy atom. The van der Waals surface area contributed by atoms with Gasteiger partial charge in [0.05, 0.1) is 5.92 Å². The molecule has 2 aliphatic rings. The van der Waals surface area contributed by atoms with Crippen LogP contribution in [-0.4, -0.2) is 40.1 Å². The molecule has 2 fully saturated rings. The van der Waals surface area contributed by atoms with E-state index in [1.807, 2.05) is 6.92 Å². The van der Waals surface area contributed by atoms with Crippen LogP contribution < -0.4 is 5.32 Å². The number of carboxylic acids is 1. The third-order valence-corrected chi connectivity index (χ3v) is 4.69. The molecule has 0 radical (unpaired) electrons. The second kappa shape index (κ2) is 4.78. The highest BCUT2D eigenvalue weighted by Crippen LogP contribution is 2.35. The standard InChI is InChI=1S/C13H22N2O3/c1-3-13(6-4-7-13)14-12(18)15-8-5-10(9(15)2)11(16)17/h9-10H,3-8H2,1-2H3,(H,14,18)(H,16,17). The number of rotatable bonds is 3. The average molecular weight is 254 g/mol. The van der Waals surface area contributed by atoms with Crippen LogP contribution in [0.4, 0.5) is 4.79 Å². The molecular weight excluding hydrogens is 232 g/mol. The molecule has 1 heterocycles. The fourth-order valence-electron chi connectivity index (χ4n) is 3.03. The first-order chi connectivity index (χ1) is 8.49. The van der Waals surface area contributed by atoms with Gasteiger partial charge in [0, 0.05) is 18.1 Å². The van der Waals surface area contributed by atoms with Crippen LogP contribution in [-0.2, 0) is 4.79 Å². The number of nitrogens with one attached hydrogen (secondary N) is 1. The summed E-state index contributed by atoms with van der Waals surface area (Å²) in [6.07, 6.45) is 4.76. The van der Waals surface area contributed by atoms with Gasteiger partial charge in [-0.2, -0.15) is 0 Å². The van der Waals surface area contributed by atoms with E-state index < -0.39 is 11.9 Å². The number of likely N-dealkylation sites (tertiary alicyclic amines) is 1. The maximum atomic E-state index is 12.2. The number of aliphatic carboxylic acids is 1. The Morgan fingerprint density at radius 3 is 2.50 bits per heavy atom. The summed E-state index contributed by atoms with van der Waals surface area (Å²) >= 11 is 0. The number of hydrogen-bond acceptors (Lipinski definition) is 2. The van der Waals surface area contributed by atoms with E-state index in [0.29, 0.717) is 13.0 Å². The van der Waals surface area contributed by atoms with Crippen LogP contribution >= 0.6 is 0 Å². The molecule has 2 amide bonds. The summed E-state index contributed by atoms with van der Waals surface area (Å²) in [5.74, 6) is -1.22. The molecule has 1 aliphatic heterocycles. The van der Waals surface area contributed by atoms with Crippen LogP contribution in [0, 0.1) is 5.92 Å². The largest absolute Gasteiger partial charge is 0.481 e. The quantitative estimate of drug-likeness (QED) is 0.807. The SMILES string of the molecule is CCC1(NC(=O)N2CCC(C(=O)O)C2C)CCC1. The predicted molar refractivity (Wildman–Crippen MR) is 67.3 cm³/mol. The number of hydrogen-bond donors (Lipinski definition) is 2. The fraction of sp³-hybridized carbons (Fsp3) is 0.846. The lowest BCUT2D eigenvalue weighted by atomic mass is 9.75. The number of carboxylic acid groups (broad SMARTS) is 1. The molecule has 0 spiro atoms. The monoisotopic (exact) mass is 254 g/mol. The maximum absolute atomic E-state index is 12.2. The van der Waals surface area contributed by atoms with Crippen molar-refractivity contribution in [2.45, 2.75) is 57.5 Å². The molecule has 102 valence electrons. The van der Waals surface area contributed by atoms with E-state index in [1.54, 1.807) is 4.90 Å². The second-order valence-corrected chi connectivity index (χ2v) is 5.58. The van der Waals surface area contributed by atoms with Crippen molar-refractivity contribution in [3.8, 4) is 0 Å². The summed E-state index contributed by atoms with van der Waals surface area (Å²) < 4.78 is 0. The van der Waals surface area contributed by atoms with Gasteiger partial charge in [0.25, 0.3) is 0 Å². The number of carbonyl (C=O) groups is 2. The molecule has 0 aromatic rings. The Bertz CT molecular complexity index is 347. The third-order valence-electron chi connectivity index (χ3n) is 4.69. The Balaban J connectivity index is 1.96. The number of amides is 2. The normalized spacial score (nSPS) is 29.8. The van der Waals surface area contributed by atoms with Gasteiger partial charge in [-0.3, -0.25) is 4.79 Å². The molecule has 0 aromatic heterocycles. The summed E-state index contributed by atoms with van der Waals surface area (Å²) in [5, 5.41) is 12.2. The van der Waals surface area contributed by atoms with Gasteiger partial charge in [0.1, 0.15) is 0 Å². The van der Waals surface area contributed by atoms with E-state index in [4.69, 9.17) is 5.11 Å². The van der Waals surface area contributed by atoms with Crippen molar-refractivity contribution in [3.63, 3.8) is 0 Å². The molecule has 18 heavy (non-hydrogen) atoms. The summed E-state index contributed by atoms with van der Waals surface area (Å²) in [6.45, 7) is 4.46. The molecule has 2 N–H and O–H groups in total. The average Bonchev–Trinajstić information content (AvgIpc) is 2.65. The third kappa shape index (κ3) is 2.18. The van der Waals surface area contributed by atoms with Crippen molar-refractivity contribution in [2.24, 2.45) is 5.92 Å².